The minimum atomic E-state index is -0.529. The molecule has 0 aromatic rings. The van der Waals surface area contributed by atoms with Gasteiger partial charge < -0.3 is 10.2 Å². The van der Waals surface area contributed by atoms with Crippen molar-refractivity contribution in [3.05, 3.63) is 0 Å². The predicted molar refractivity (Wildman–Crippen MR) is 85.2 cm³/mol. The molecular weight excluding hydrogens is 284 g/mol. The van der Waals surface area contributed by atoms with E-state index in [1.165, 1.54) is 6.42 Å². The molecule has 1 unspecified atom stereocenters. The van der Waals surface area contributed by atoms with Gasteiger partial charge in [-0.2, -0.15) is 11.8 Å². The van der Waals surface area contributed by atoms with Crippen LogP contribution in [0, 0.1) is 5.92 Å². The van der Waals surface area contributed by atoms with E-state index < -0.39 is 5.54 Å². The molecule has 5 heteroatoms. The maximum atomic E-state index is 12.9. The molecule has 4 nitrogen and oxygen atoms in total. The fourth-order valence-electron chi connectivity index (χ4n) is 3.91. The quantitative estimate of drug-likeness (QED) is 0.792. The number of carbonyl (C=O) groups is 2. The summed E-state index contributed by atoms with van der Waals surface area (Å²) in [7, 11) is 0. The van der Waals surface area contributed by atoms with Crippen LogP contribution in [-0.2, 0) is 9.59 Å². The standard InChI is InChI=1S/C16H26N2O2S/c1-21-11-5-10-18-14(19)13(12-6-7-12)17-15(20)16(18)8-3-2-4-9-16/h12-13H,2-11H2,1H3,(H,17,20). The number of nitrogens with one attached hydrogen (secondary N) is 1. The Hall–Kier alpha value is -0.710. The third-order valence-electron chi connectivity index (χ3n) is 5.26. The molecule has 0 radical (unpaired) electrons. The topological polar surface area (TPSA) is 49.4 Å². The summed E-state index contributed by atoms with van der Waals surface area (Å²) in [5, 5.41) is 3.07. The molecular formula is C16H26N2O2S. The molecule has 0 aromatic carbocycles. The number of hydrogen-bond acceptors (Lipinski definition) is 3. The van der Waals surface area contributed by atoms with Crippen molar-refractivity contribution in [2.75, 3.05) is 18.6 Å². The summed E-state index contributed by atoms with van der Waals surface area (Å²) >= 11 is 1.81. The van der Waals surface area contributed by atoms with E-state index in [1.807, 2.05) is 16.7 Å². The van der Waals surface area contributed by atoms with Crippen LogP contribution in [0.1, 0.15) is 51.4 Å². The molecule has 1 spiro atoms. The number of amides is 2. The second-order valence-electron chi connectivity index (χ2n) is 6.72. The molecule has 2 saturated carbocycles. The highest BCUT2D eigenvalue weighted by atomic mass is 32.2. The Bertz CT molecular complexity index is 417. The van der Waals surface area contributed by atoms with Gasteiger partial charge in [0.1, 0.15) is 11.6 Å². The minimum Gasteiger partial charge on any atom is -0.342 e. The Kier molecular flexibility index (Phi) is 4.48. The second kappa shape index (κ2) is 6.19. The molecule has 1 atom stereocenters. The minimum absolute atomic E-state index is 0.128. The van der Waals surface area contributed by atoms with Crippen LogP contribution in [0.15, 0.2) is 0 Å². The van der Waals surface area contributed by atoms with Gasteiger partial charge in [0.05, 0.1) is 0 Å². The van der Waals surface area contributed by atoms with Gasteiger partial charge in [0, 0.05) is 6.54 Å². The molecule has 0 bridgehead atoms. The maximum Gasteiger partial charge on any atom is 0.246 e. The average molecular weight is 310 g/mol. The number of rotatable bonds is 5. The molecule has 118 valence electrons. The first-order valence-electron chi connectivity index (χ1n) is 8.30. The van der Waals surface area contributed by atoms with Crippen LogP contribution in [0.25, 0.3) is 0 Å². The molecule has 3 fully saturated rings. The molecule has 21 heavy (non-hydrogen) atoms. The van der Waals surface area contributed by atoms with Crippen molar-refractivity contribution in [3.63, 3.8) is 0 Å². The van der Waals surface area contributed by atoms with Gasteiger partial charge in [0.15, 0.2) is 0 Å². The highest BCUT2D eigenvalue weighted by Gasteiger charge is 2.54. The van der Waals surface area contributed by atoms with E-state index in [-0.39, 0.29) is 17.9 Å². The van der Waals surface area contributed by atoms with E-state index in [0.29, 0.717) is 5.92 Å². The van der Waals surface area contributed by atoms with Crippen LogP contribution in [0.5, 0.6) is 0 Å². The summed E-state index contributed by atoms with van der Waals surface area (Å²) in [5.74, 6) is 1.77. The molecule has 2 aliphatic carbocycles. The van der Waals surface area contributed by atoms with Gasteiger partial charge in [-0.25, -0.2) is 0 Å². The van der Waals surface area contributed by atoms with Crippen LogP contribution in [-0.4, -0.2) is 46.8 Å². The van der Waals surface area contributed by atoms with E-state index in [0.717, 1.165) is 57.2 Å². The molecule has 3 aliphatic rings. The van der Waals surface area contributed by atoms with E-state index in [1.54, 1.807) is 0 Å². The van der Waals surface area contributed by atoms with Gasteiger partial charge >= 0.3 is 0 Å². The van der Waals surface area contributed by atoms with Crippen molar-refractivity contribution in [1.82, 2.24) is 10.2 Å². The average Bonchev–Trinajstić information content (AvgIpc) is 3.32. The largest absolute Gasteiger partial charge is 0.342 e. The predicted octanol–water partition coefficient (Wildman–Crippen LogP) is 2.18. The van der Waals surface area contributed by atoms with Gasteiger partial charge in [0.2, 0.25) is 11.8 Å². The zero-order valence-electron chi connectivity index (χ0n) is 12.9. The lowest BCUT2D eigenvalue weighted by molar-refractivity contribution is -0.160. The van der Waals surface area contributed by atoms with Crippen LogP contribution in [0.2, 0.25) is 0 Å². The Morgan fingerprint density at radius 1 is 1.24 bits per heavy atom. The lowest BCUT2D eigenvalue weighted by Gasteiger charge is -2.50. The van der Waals surface area contributed by atoms with E-state index >= 15 is 0 Å². The van der Waals surface area contributed by atoms with Gasteiger partial charge in [-0.1, -0.05) is 19.3 Å². The Labute approximate surface area is 131 Å². The molecule has 1 saturated heterocycles. The Morgan fingerprint density at radius 3 is 2.57 bits per heavy atom. The lowest BCUT2D eigenvalue weighted by Crippen LogP contribution is -2.71. The molecule has 2 amide bonds. The monoisotopic (exact) mass is 310 g/mol. The molecule has 3 rings (SSSR count). The van der Waals surface area contributed by atoms with Crippen LogP contribution < -0.4 is 5.32 Å². The second-order valence-corrected chi connectivity index (χ2v) is 7.70. The van der Waals surface area contributed by atoms with Crippen molar-refractivity contribution in [2.24, 2.45) is 5.92 Å². The van der Waals surface area contributed by atoms with Crippen molar-refractivity contribution < 1.29 is 9.59 Å². The Balaban J connectivity index is 1.81. The zero-order valence-corrected chi connectivity index (χ0v) is 13.7. The molecule has 1 N–H and O–H groups in total. The number of thioether (sulfide) groups is 1. The number of hydrogen-bond donors (Lipinski definition) is 1. The highest BCUT2D eigenvalue weighted by Crippen LogP contribution is 2.41. The summed E-state index contributed by atoms with van der Waals surface area (Å²) in [6, 6.07) is -0.237. The Morgan fingerprint density at radius 2 is 1.95 bits per heavy atom. The van der Waals surface area contributed by atoms with Gasteiger partial charge in [-0.3, -0.25) is 9.59 Å². The van der Waals surface area contributed by atoms with Crippen LogP contribution in [0.4, 0.5) is 0 Å². The first-order valence-corrected chi connectivity index (χ1v) is 9.70. The van der Waals surface area contributed by atoms with Crippen molar-refractivity contribution >= 4 is 23.6 Å². The maximum absolute atomic E-state index is 12.9. The fraction of sp³-hybridized carbons (Fsp3) is 0.875. The molecule has 1 aliphatic heterocycles. The number of piperazine rings is 1. The number of nitrogens with zero attached hydrogens (tertiary/aromatic N) is 1. The summed E-state index contributed by atoms with van der Waals surface area (Å²) in [6.45, 7) is 0.746. The summed E-state index contributed by atoms with van der Waals surface area (Å²) in [5.41, 5.74) is -0.529. The van der Waals surface area contributed by atoms with Crippen LogP contribution >= 0.6 is 11.8 Å². The van der Waals surface area contributed by atoms with E-state index in [2.05, 4.69) is 11.6 Å². The first-order chi connectivity index (χ1) is 10.2. The van der Waals surface area contributed by atoms with Crippen LogP contribution in [0.3, 0.4) is 0 Å². The first kappa shape index (κ1) is 15.2. The van der Waals surface area contributed by atoms with Gasteiger partial charge in [0.25, 0.3) is 0 Å². The lowest BCUT2D eigenvalue weighted by atomic mass is 9.77. The fourth-order valence-corrected chi connectivity index (χ4v) is 4.33. The summed E-state index contributed by atoms with van der Waals surface area (Å²) in [6.07, 6.45) is 10.3. The number of carbonyl (C=O) groups excluding carboxylic acids is 2. The van der Waals surface area contributed by atoms with Gasteiger partial charge in [-0.05, 0) is 50.0 Å². The van der Waals surface area contributed by atoms with Crippen molar-refractivity contribution in [2.45, 2.75) is 62.9 Å². The SMILES string of the molecule is CSCCCN1C(=O)C(C2CC2)NC(=O)C12CCCCC2. The van der Waals surface area contributed by atoms with E-state index in [9.17, 15) is 9.59 Å². The third kappa shape index (κ3) is 2.81. The normalized spacial score (nSPS) is 28.8. The molecule has 0 aromatic heterocycles. The highest BCUT2D eigenvalue weighted by molar-refractivity contribution is 7.98. The smallest absolute Gasteiger partial charge is 0.246 e. The van der Waals surface area contributed by atoms with E-state index in [4.69, 9.17) is 0 Å². The third-order valence-corrected chi connectivity index (χ3v) is 5.96. The summed E-state index contributed by atoms with van der Waals surface area (Å²) < 4.78 is 0. The van der Waals surface area contributed by atoms with Gasteiger partial charge in [-0.15, -0.1) is 0 Å². The summed E-state index contributed by atoms with van der Waals surface area (Å²) in [4.78, 5) is 27.7. The molecule has 1 heterocycles. The zero-order chi connectivity index (χ0) is 14.9. The van der Waals surface area contributed by atoms with Crippen molar-refractivity contribution in [3.8, 4) is 0 Å². The van der Waals surface area contributed by atoms with Crippen molar-refractivity contribution in [1.29, 1.82) is 0 Å².